The van der Waals surface area contributed by atoms with Crippen LogP contribution in [0.15, 0.2) is 91.0 Å². The maximum Gasteiger partial charge on any atom is 0.125 e. The highest BCUT2D eigenvalue weighted by Gasteiger charge is 2.54. The minimum atomic E-state index is -2.29. The summed E-state index contributed by atoms with van der Waals surface area (Å²) < 4.78 is 7.08. The Morgan fingerprint density at radius 2 is 1.37 bits per heavy atom. The molecular formula is C32H40O2Si. The molecule has 1 N–H and O–H groups in total. The second kappa shape index (κ2) is 9.69. The number of fused-ring (bicyclic) bond motifs is 1. The molecule has 1 saturated carbocycles. The minimum Gasteiger partial charge on any atom is -0.389 e. The minimum absolute atomic E-state index is 0.0193. The quantitative estimate of drug-likeness (QED) is 0.419. The van der Waals surface area contributed by atoms with Gasteiger partial charge in [0.25, 0.3) is 0 Å². The highest BCUT2D eigenvalue weighted by molar-refractivity contribution is 7.04. The molecular weight excluding hydrogens is 444 g/mol. The zero-order valence-corrected chi connectivity index (χ0v) is 22.5. The molecule has 184 valence electrons. The first-order valence-electron chi connectivity index (χ1n) is 13.4. The summed E-state index contributed by atoms with van der Waals surface area (Å²) in [7, 11) is -2.29. The van der Waals surface area contributed by atoms with Gasteiger partial charge in [0.1, 0.15) is 8.07 Å². The van der Waals surface area contributed by atoms with Gasteiger partial charge in [-0.1, -0.05) is 135 Å². The summed E-state index contributed by atoms with van der Waals surface area (Å²) in [6.07, 6.45) is 4.94. The van der Waals surface area contributed by atoms with Crippen LogP contribution in [0.4, 0.5) is 0 Å². The Labute approximate surface area is 212 Å². The van der Waals surface area contributed by atoms with E-state index in [1.807, 2.05) is 0 Å². The Morgan fingerprint density at radius 3 is 1.91 bits per heavy atom. The Balaban J connectivity index is 1.60. The molecule has 0 unspecified atom stereocenters. The fourth-order valence-electron chi connectivity index (χ4n) is 7.12. The van der Waals surface area contributed by atoms with Crippen molar-refractivity contribution < 1.29 is 9.84 Å². The average molecular weight is 485 g/mol. The lowest BCUT2D eigenvalue weighted by atomic mass is 9.67. The van der Waals surface area contributed by atoms with E-state index >= 15 is 0 Å². The molecule has 0 bridgehead atoms. The molecule has 2 aliphatic rings. The molecule has 1 heterocycles. The summed E-state index contributed by atoms with van der Waals surface area (Å²) in [4.78, 5) is 0. The van der Waals surface area contributed by atoms with E-state index in [0.717, 1.165) is 31.7 Å². The lowest BCUT2D eigenvalue weighted by Crippen LogP contribution is -2.66. The Kier molecular flexibility index (Phi) is 6.78. The average Bonchev–Trinajstić information content (AvgIpc) is 2.87. The van der Waals surface area contributed by atoms with Crippen molar-refractivity contribution in [2.45, 2.75) is 81.8 Å². The van der Waals surface area contributed by atoms with E-state index in [2.05, 4.69) is 112 Å². The number of benzene rings is 3. The van der Waals surface area contributed by atoms with Gasteiger partial charge in [-0.3, -0.25) is 0 Å². The van der Waals surface area contributed by atoms with E-state index in [4.69, 9.17) is 4.74 Å². The first-order chi connectivity index (χ1) is 16.8. The summed E-state index contributed by atoms with van der Waals surface area (Å²) >= 11 is 0. The molecule has 4 atom stereocenters. The summed E-state index contributed by atoms with van der Waals surface area (Å²) in [5.74, 6) is 0.175. The summed E-state index contributed by atoms with van der Waals surface area (Å²) in [5.41, 5.74) is 0.567. The Morgan fingerprint density at radius 1 is 0.829 bits per heavy atom. The third kappa shape index (κ3) is 4.55. The van der Waals surface area contributed by atoms with E-state index < -0.39 is 13.7 Å². The normalized spacial score (nSPS) is 27.3. The van der Waals surface area contributed by atoms with Gasteiger partial charge in [-0.05, 0) is 29.5 Å². The molecule has 1 aliphatic heterocycles. The molecule has 0 amide bonds. The Bertz CT molecular complexity index is 1050. The van der Waals surface area contributed by atoms with Crippen LogP contribution in [-0.4, -0.2) is 24.9 Å². The molecule has 3 heteroatoms. The molecule has 5 rings (SSSR count). The van der Waals surface area contributed by atoms with Gasteiger partial charge in [-0.25, -0.2) is 0 Å². The molecule has 1 aliphatic carbocycles. The predicted octanol–water partition coefficient (Wildman–Crippen LogP) is 6.50. The van der Waals surface area contributed by atoms with Crippen molar-refractivity contribution in [3.8, 4) is 0 Å². The number of ether oxygens (including phenoxy) is 1. The number of hydrogen-bond acceptors (Lipinski definition) is 2. The van der Waals surface area contributed by atoms with E-state index in [1.165, 1.54) is 22.4 Å². The molecule has 0 radical (unpaired) electrons. The first-order valence-corrected chi connectivity index (χ1v) is 15.6. The molecule has 35 heavy (non-hydrogen) atoms. The SMILES string of the molecule is CC(C)(C)[Si](C[C@@H]1C[C@@]2(O)CCCC[C@H]2[C@H](c2ccccc2)O1)(c1ccccc1)c1ccccc1. The fourth-order valence-corrected chi connectivity index (χ4v) is 12.7. The van der Waals surface area contributed by atoms with Gasteiger partial charge < -0.3 is 9.84 Å². The van der Waals surface area contributed by atoms with Gasteiger partial charge in [0.2, 0.25) is 0 Å². The third-order valence-corrected chi connectivity index (χ3v) is 15.1. The topological polar surface area (TPSA) is 29.5 Å². The van der Waals surface area contributed by atoms with Crippen molar-refractivity contribution >= 4 is 18.4 Å². The van der Waals surface area contributed by atoms with Crippen LogP contribution >= 0.6 is 0 Å². The van der Waals surface area contributed by atoms with Crippen molar-refractivity contribution in [2.24, 2.45) is 5.92 Å². The first kappa shape index (κ1) is 24.5. The predicted molar refractivity (Wildman–Crippen MR) is 148 cm³/mol. The number of aliphatic hydroxyl groups is 1. The molecule has 0 aromatic heterocycles. The van der Waals surface area contributed by atoms with E-state index in [-0.39, 0.29) is 23.2 Å². The Hall–Kier alpha value is -2.20. The lowest BCUT2D eigenvalue weighted by molar-refractivity contribution is -0.198. The molecule has 2 nitrogen and oxygen atoms in total. The molecule has 3 aromatic carbocycles. The standard InChI is InChI=1S/C32H40O2Si/c1-31(2,3)35(27-17-9-5-10-18-27,28-19-11-6-12-20-28)24-26-23-32(33)22-14-13-21-29(32)30(34-26)25-15-7-4-8-16-25/h4-12,15-20,26,29-30,33H,13-14,21-24H2,1-3H3/t26-,29-,30-,32-/m0/s1. The van der Waals surface area contributed by atoms with Gasteiger partial charge in [-0.2, -0.15) is 0 Å². The van der Waals surface area contributed by atoms with Crippen LogP contribution in [0.1, 0.15) is 64.5 Å². The van der Waals surface area contributed by atoms with Crippen LogP contribution in [-0.2, 0) is 4.74 Å². The maximum absolute atomic E-state index is 12.1. The van der Waals surface area contributed by atoms with Crippen LogP contribution in [0.25, 0.3) is 0 Å². The second-order valence-corrected chi connectivity index (χ2v) is 16.7. The van der Waals surface area contributed by atoms with Crippen molar-refractivity contribution in [2.75, 3.05) is 0 Å². The highest BCUT2D eigenvalue weighted by Crippen LogP contribution is 2.52. The van der Waals surface area contributed by atoms with Crippen LogP contribution in [0.2, 0.25) is 11.1 Å². The highest BCUT2D eigenvalue weighted by atomic mass is 28.3. The molecule has 2 fully saturated rings. The largest absolute Gasteiger partial charge is 0.389 e. The van der Waals surface area contributed by atoms with Crippen LogP contribution in [0.3, 0.4) is 0 Å². The van der Waals surface area contributed by atoms with Crippen molar-refractivity contribution in [3.05, 3.63) is 96.6 Å². The number of rotatable bonds is 5. The van der Waals surface area contributed by atoms with Crippen molar-refractivity contribution in [1.29, 1.82) is 0 Å². The van der Waals surface area contributed by atoms with Gasteiger partial charge >= 0.3 is 0 Å². The number of hydrogen-bond donors (Lipinski definition) is 1. The lowest BCUT2D eigenvalue weighted by Gasteiger charge is -2.53. The van der Waals surface area contributed by atoms with Gasteiger partial charge in [0, 0.05) is 12.3 Å². The van der Waals surface area contributed by atoms with E-state index in [0.29, 0.717) is 0 Å². The van der Waals surface area contributed by atoms with Crippen LogP contribution in [0, 0.1) is 5.92 Å². The summed E-state index contributed by atoms with van der Waals surface area (Å²) in [6.45, 7) is 7.23. The van der Waals surface area contributed by atoms with Crippen LogP contribution < -0.4 is 10.4 Å². The third-order valence-electron chi connectivity index (χ3n) is 8.83. The molecule has 3 aromatic rings. The van der Waals surface area contributed by atoms with E-state index in [9.17, 15) is 5.11 Å². The van der Waals surface area contributed by atoms with Gasteiger partial charge in [-0.15, -0.1) is 0 Å². The van der Waals surface area contributed by atoms with Crippen molar-refractivity contribution in [1.82, 2.24) is 0 Å². The zero-order valence-electron chi connectivity index (χ0n) is 21.5. The van der Waals surface area contributed by atoms with Crippen LogP contribution in [0.5, 0.6) is 0 Å². The second-order valence-electron chi connectivity index (χ2n) is 11.8. The van der Waals surface area contributed by atoms with Gasteiger partial charge in [0.15, 0.2) is 0 Å². The maximum atomic E-state index is 12.1. The zero-order chi connectivity index (χ0) is 24.5. The monoisotopic (exact) mass is 484 g/mol. The van der Waals surface area contributed by atoms with Gasteiger partial charge in [0.05, 0.1) is 17.8 Å². The summed E-state index contributed by atoms with van der Waals surface area (Å²) in [6, 6.07) is 33.9. The smallest absolute Gasteiger partial charge is 0.125 e. The summed E-state index contributed by atoms with van der Waals surface area (Å²) in [5, 5.41) is 15.1. The van der Waals surface area contributed by atoms with E-state index in [1.54, 1.807) is 0 Å². The fraction of sp³-hybridized carbons (Fsp3) is 0.438. The molecule has 1 saturated heterocycles. The molecule has 0 spiro atoms. The van der Waals surface area contributed by atoms with Crippen molar-refractivity contribution in [3.63, 3.8) is 0 Å².